The summed E-state index contributed by atoms with van der Waals surface area (Å²) in [5.74, 6) is 1.36. The number of sulfonamides is 1. The van der Waals surface area contributed by atoms with Crippen molar-refractivity contribution in [1.82, 2.24) is 10.3 Å². The molecular formula is C15H16ClN3O4S. The quantitative estimate of drug-likeness (QED) is 0.410. The second-order valence-electron chi connectivity index (χ2n) is 4.95. The van der Waals surface area contributed by atoms with E-state index < -0.39 is 10.0 Å². The van der Waals surface area contributed by atoms with Gasteiger partial charge < -0.3 is 14.8 Å². The van der Waals surface area contributed by atoms with Crippen LogP contribution in [-0.4, -0.2) is 28.3 Å². The Morgan fingerprint density at radius 2 is 1.71 bits per heavy atom. The Balaban J connectivity index is 1.52. The lowest BCUT2D eigenvalue weighted by molar-refractivity contribution is 0.171. The third-order valence-corrected chi connectivity index (χ3v) is 4.81. The van der Waals surface area contributed by atoms with Gasteiger partial charge in [0.25, 0.3) is 10.0 Å². The highest BCUT2D eigenvalue weighted by Gasteiger charge is 2.13. The fraction of sp³-hybridized carbons (Fsp3) is 0.200. The van der Waals surface area contributed by atoms with Crippen molar-refractivity contribution in [3.63, 3.8) is 0 Å². The lowest BCUT2D eigenvalue weighted by atomic mass is 10.2. The Kier molecular flexibility index (Phi) is 5.10. The van der Waals surface area contributed by atoms with Gasteiger partial charge in [0.2, 0.25) is 0 Å². The van der Waals surface area contributed by atoms with E-state index in [2.05, 4.69) is 15.6 Å². The number of nitrogens with one attached hydrogen (secondary N) is 3. The van der Waals surface area contributed by atoms with Gasteiger partial charge in [-0.3, -0.25) is 0 Å². The summed E-state index contributed by atoms with van der Waals surface area (Å²) < 4.78 is 35.1. The zero-order chi connectivity index (χ0) is 17.0. The summed E-state index contributed by atoms with van der Waals surface area (Å²) in [5.41, 5.74) is 3.39. The molecule has 0 aliphatic carbocycles. The molecule has 1 heterocycles. The van der Waals surface area contributed by atoms with E-state index in [1.165, 1.54) is 24.3 Å². The number of ether oxygens (including phenoxy) is 2. The van der Waals surface area contributed by atoms with Crippen molar-refractivity contribution in [2.24, 2.45) is 0 Å². The molecule has 3 rings (SSSR count). The average Bonchev–Trinajstić information content (AvgIpc) is 2.59. The van der Waals surface area contributed by atoms with Gasteiger partial charge in [0.1, 0.15) is 13.2 Å². The van der Waals surface area contributed by atoms with E-state index >= 15 is 0 Å². The fourth-order valence-corrected chi connectivity index (χ4v) is 3.10. The highest BCUT2D eigenvalue weighted by atomic mass is 35.5. The van der Waals surface area contributed by atoms with Crippen molar-refractivity contribution in [2.75, 3.05) is 25.2 Å². The normalized spacial score (nSPS) is 13.5. The van der Waals surface area contributed by atoms with Crippen LogP contribution in [0.3, 0.4) is 0 Å². The molecule has 0 radical (unpaired) electrons. The number of hydrogen-bond donors (Lipinski definition) is 3. The van der Waals surface area contributed by atoms with Gasteiger partial charge in [-0.2, -0.15) is 0 Å². The highest BCUT2D eigenvalue weighted by Crippen LogP contribution is 2.32. The summed E-state index contributed by atoms with van der Waals surface area (Å²) in [5, 5.41) is 3.51. The van der Waals surface area contributed by atoms with Crippen LogP contribution < -0.4 is 25.0 Å². The fourth-order valence-electron chi connectivity index (χ4n) is 2.10. The molecule has 1 aliphatic heterocycles. The van der Waals surface area contributed by atoms with Gasteiger partial charge in [-0.1, -0.05) is 11.6 Å². The first-order valence-electron chi connectivity index (χ1n) is 7.18. The largest absolute Gasteiger partial charge is 0.486 e. The average molecular weight is 370 g/mol. The predicted octanol–water partition coefficient (Wildman–Crippen LogP) is 1.96. The Hall–Kier alpha value is -2.00. The van der Waals surface area contributed by atoms with E-state index in [9.17, 15) is 8.42 Å². The topological polar surface area (TPSA) is 88.7 Å². The van der Waals surface area contributed by atoms with Crippen LogP contribution in [0.5, 0.6) is 11.5 Å². The monoisotopic (exact) mass is 369 g/mol. The third kappa shape index (κ3) is 4.09. The van der Waals surface area contributed by atoms with Crippen molar-refractivity contribution in [1.29, 1.82) is 0 Å². The molecule has 2 aromatic rings. The van der Waals surface area contributed by atoms with Crippen molar-refractivity contribution < 1.29 is 17.9 Å². The van der Waals surface area contributed by atoms with Crippen LogP contribution in [0.1, 0.15) is 0 Å². The Bertz CT molecular complexity index is 812. The maximum absolute atomic E-state index is 12.1. The maximum atomic E-state index is 12.1. The predicted molar refractivity (Wildman–Crippen MR) is 90.8 cm³/mol. The molecular weight excluding hydrogens is 354 g/mol. The van der Waals surface area contributed by atoms with Crippen LogP contribution in [-0.2, 0) is 10.0 Å². The molecule has 0 fully saturated rings. The number of hydrogen-bond acceptors (Lipinski definition) is 6. The van der Waals surface area contributed by atoms with E-state index in [4.69, 9.17) is 21.1 Å². The summed E-state index contributed by atoms with van der Waals surface area (Å²) in [6, 6.07) is 11.3. The van der Waals surface area contributed by atoms with Gasteiger partial charge in [0, 0.05) is 16.8 Å². The smallest absolute Gasteiger partial charge is 0.253 e. The van der Waals surface area contributed by atoms with Gasteiger partial charge >= 0.3 is 0 Å². The van der Waals surface area contributed by atoms with Gasteiger partial charge in [-0.05, 0) is 36.4 Å². The van der Waals surface area contributed by atoms with Gasteiger partial charge in [-0.15, -0.1) is 4.83 Å². The van der Waals surface area contributed by atoms with Crippen molar-refractivity contribution >= 4 is 27.3 Å². The molecule has 7 nitrogen and oxygen atoms in total. The second-order valence-corrected chi connectivity index (χ2v) is 7.07. The molecule has 0 saturated carbocycles. The Morgan fingerprint density at radius 1 is 1.00 bits per heavy atom. The molecule has 0 amide bonds. The van der Waals surface area contributed by atoms with Crippen LogP contribution in [0, 0.1) is 0 Å². The summed E-state index contributed by atoms with van der Waals surface area (Å²) in [6.45, 7) is 1.23. The first-order chi connectivity index (χ1) is 11.5. The zero-order valence-electron chi connectivity index (χ0n) is 12.6. The maximum Gasteiger partial charge on any atom is 0.253 e. The van der Waals surface area contributed by atoms with Crippen molar-refractivity contribution in [2.45, 2.75) is 4.90 Å². The van der Waals surface area contributed by atoms with E-state index in [1.54, 1.807) is 12.1 Å². The molecule has 0 spiro atoms. The molecule has 128 valence electrons. The van der Waals surface area contributed by atoms with Crippen molar-refractivity contribution in [3.05, 3.63) is 47.5 Å². The summed E-state index contributed by atoms with van der Waals surface area (Å²) in [6.07, 6.45) is 0. The molecule has 0 atom stereocenters. The highest BCUT2D eigenvalue weighted by molar-refractivity contribution is 7.89. The lowest BCUT2D eigenvalue weighted by Gasteiger charge is -2.19. The number of rotatable bonds is 6. The molecule has 0 saturated heterocycles. The number of halogens is 1. The van der Waals surface area contributed by atoms with Crippen LogP contribution >= 0.6 is 11.6 Å². The first kappa shape index (κ1) is 16.8. The van der Waals surface area contributed by atoms with E-state index in [-0.39, 0.29) is 11.6 Å². The molecule has 0 unspecified atom stereocenters. The first-order valence-corrected chi connectivity index (χ1v) is 9.04. The van der Waals surface area contributed by atoms with E-state index in [0.29, 0.717) is 29.7 Å². The minimum Gasteiger partial charge on any atom is -0.486 e. The summed E-state index contributed by atoms with van der Waals surface area (Å²) in [4.78, 5) is 2.41. The molecule has 3 N–H and O–H groups in total. The number of benzene rings is 2. The molecule has 24 heavy (non-hydrogen) atoms. The minimum absolute atomic E-state index is 0.124. The van der Waals surface area contributed by atoms with Crippen LogP contribution in [0.25, 0.3) is 0 Å². The van der Waals surface area contributed by atoms with Gasteiger partial charge in [-0.25, -0.2) is 13.8 Å². The molecule has 0 aromatic heterocycles. The van der Waals surface area contributed by atoms with E-state index in [1.807, 2.05) is 6.07 Å². The Labute approximate surface area is 144 Å². The number of fused-ring (bicyclic) bond motifs is 1. The van der Waals surface area contributed by atoms with Gasteiger partial charge in [0.15, 0.2) is 11.5 Å². The third-order valence-electron chi connectivity index (χ3n) is 3.25. The van der Waals surface area contributed by atoms with Crippen LogP contribution in [0.4, 0.5) is 5.69 Å². The minimum atomic E-state index is -3.65. The SMILES string of the molecule is O=S(=O)(NNCNc1ccc2c(c1)OCCO2)c1ccc(Cl)cc1. The molecule has 2 aromatic carbocycles. The number of anilines is 1. The number of hydrazine groups is 1. The van der Waals surface area contributed by atoms with Crippen LogP contribution in [0.15, 0.2) is 47.4 Å². The Morgan fingerprint density at radius 3 is 2.46 bits per heavy atom. The van der Waals surface area contributed by atoms with Crippen molar-refractivity contribution in [3.8, 4) is 11.5 Å². The van der Waals surface area contributed by atoms with Gasteiger partial charge in [0.05, 0.1) is 11.6 Å². The van der Waals surface area contributed by atoms with E-state index in [0.717, 1.165) is 5.69 Å². The van der Waals surface area contributed by atoms with Crippen LogP contribution in [0.2, 0.25) is 5.02 Å². The summed E-state index contributed by atoms with van der Waals surface area (Å²) >= 11 is 5.75. The second kappa shape index (κ2) is 7.27. The lowest BCUT2D eigenvalue weighted by Crippen LogP contribution is -2.40. The molecule has 0 bridgehead atoms. The standard InChI is InChI=1S/C15H16ClN3O4S/c16-11-1-4-13(5-2-11)24(20,21)19-18-10-17-12-3-6-14-15(9-12)23-8-7-22-14/h1-6,9,17-19H,7-8,10H2. The molecule has 1 aliphatic rings. The summed E-state index contributed by atoms with van der Waals surface area (Å²) in [7, 11) is -3.65. The zero-order valence-corrected chi connectivity index (χ0v) is 14.2. The molecule has 9 heteroatoms.